The first kappa shape index (κ1) is 11.1. The van der Waals surface area contributed by atoms with Gasteiger partial charge >= 0.3 is 0 Å². The number of aryl methyl sites for hydroxylation is 1. The Morgan fingerprint density at radius 2 is 2.25 bits per heavy atom. The van der Waals surface area contributed by atoms with Crippen LogP contribution in [0.25, 0.3) is 0 Å². The number of halogens is 2. The Morgan fingerprint density at radius 3 is 2.75 bits per heavy atom. The van der Waals surface area contributed by atoms with Crippen molar-refractivity contribution in [1.29, 1.82) is 0 Å². The van der Waals surface area contributed by atoms with Crippen LogP contribution in [0.3, 0.4) is 0 Å². The minimum atomic E-state index is -2.51. The molecule has 88 valence electrons. The van der Waals surface area contributed by atoms with Crippen molar-refractivity contribution in [3.8, 4) is 0 Å². The van der Waals surface area contributed by atoms with E-state index >= 15 is 0 Å². The number of nitrogens with one attached hydrogen (secondary N) is 2. The third-order valence-corrected chi connectivity index (χ3v) is 2.92. The molecule has 0 atom stereocenters. The van der Waals surface area contributed by atoms with Crippen molar-refractivity contribution in [2.75, 3.05) is 6.54 Å². The maximum Gasteiger partial charge on any atom is 0.253 e. The highest BCUT2D eigenvalue weighted by Gasteiger charge is 2.44. The van der Waals surface area contributed by atoms with Crippen molar-refractivity contribution in [3.63, 3.8) is 0 Å². The Hall–Kier alpha value is -1.39. The summed E-state index contributed by atoms with van der Waals surface area (Å²) in [5.41, 5.74) is 1.43. The molecule has 2 N–H and O–H groups in total. The third kappa shape index (κ3) is 2.23. The molecule has 3 nitrogen and oxygen atoms in total. The number of carbonyl (C=O) groups excluding carboxylic acids is 1. The van der Waals surface area contributed by atoms with Gasteiger partial charge in [0.1, 0.15) is 0 Å². The Morgan fingerprint density at radius 1 is 1.56 bits per heavy atom. The van der Waals surface area contributed by atoms with Crippen LogP contribution >= 0.6 is 0 Å². The zero-order valence-corrected chi connectivity index (χ0v) is 9.02. The molecule has 0 saturated heterocycles. The second kappa shape index (κ2) is 3.88. The molecule has 0 aromatic carbocycles. The van der Waals surface area contributed by atoms with Crippen molar-refractivity contribution in [2.45, 2.75) is 25.7 Å². The average molecular weight is 228 g/mol. The SMILES string of the molecule is Cc1c[nH]cc1C(=O)NCC1CC(F)(F)C1. The van der Waals surface area contributed by atoms with Crippen LogP contribution in [0.15, 0.2) is 12.4 Å². The molecule has 16 heavy (non-hydrogen) atoms. The van der Waals surface area contributed by atoms with Crippen molar-refractivity contribution in [2.24, 2.45) is 5.92 Å². The van der Waals surface area contributed by atoms with Gasteiger partial charge in [-0.05, 0) is 18.4 Å². The van der Waals surface area contributed by atoms with E-state index in [-0.39, 0.29) is 24.7 Å². The number of amides is 1. The van der Waals surface area contributed by atoms with E-state index in [9.17, 15) is 13.6 Å². The van der Waals surface area contributed by atoms with Gasteiger partial charge in [-0.1, -0.05) is 0 Å². The number of H-pyrrole nitrogens is 1. The lowest BCUT2D eigenvalue weighted by molar-refractivity contribution is -0.108. The first-order valence-corrected chi connectivity index (χ1v) is 5.27. The molecule has 1 aromatic heterocycles. The first-order chi connectivity index (χ1) is 7.48. The van der Waals surface area contributed by atoms with Crippen LogP contribution in [-0.4, -0.2) is 23.4 Å². The molecule has 1 fully saturated rings. The zero-order chi connectivity index (χ0) is 11.8. The van der Waals surface area contributed by atoms with Crippen molar-refractivity contribution >= 4 is 5.91 Å². The van der Waals surface area contributed by atoms with Crippen LogP contribution in [0.2, 0.25) is 0 Å². The summed E-state index contributed by atoms with van der Waals surface area (Å²) in [5, 5.41) is 2.67. The summed E-state index contributed by atoms with van der Waals surface area (Å²) in [7, 11) is 0. The number of carbonyl (C=O) groups is 1. The van der Waals surface area contributed by atoms with Crippen LogP contribution in [0, 0.1) is 12.8 Å². The molecule has 1 heterocycles. The second-order valence-corrected chi connectivity index (χ2v) is 4.39. The second-order valence-electron chi connectivity index (χ2n) is 4.39. The van der Waals surface area contributed by atoms with Crippen molar-refractivity contribution < 1.29 is 13.6 Å². The molecule has 0 bridgehead atoms. The maximum absolute atomic E-state index is 12.5. The highest BCUT2D eigenvalue weighted by molar-refractivity contribution is 5.95. The van der Waals surface area contributed by atoms with Crippen LogP contribution in [0.4, 0.5) is 8.78 Å². The molecule has 0 spiro atoms. The summed E-state index contributed by atoms with van der Waals surface area (Å²) in [5.74, 6) is -2.80. The molecule has 5 heteroatoms. The Kier molecular flexibility index (Phi) is 2.69. The fourth-order valence-electron chi connectivity index (χ4n) is 1.95. The fraction of sp³-hybridized carbons (Fsp3) is 0.545. The highest BCUT2D eigenvalue weighted by atomic mass is 19.3. The van der Waals surface area contributed by atoms with E-state index in [0.29, 0.717) is 12.1 Å². The lowest BCUT2D eigenvalue weighted by Gasteiger charge is -2.34. The normalized spacial score (nSPS) is 19.2. The van der Waals surface area contributed by atoms with Crippen molar-refractivity contribution in [3.05, 3.63) is 23.5 Å². The summed E-state index contributed by atoms with van der Waals surface area (Å²) < 4.78 is 25.1. The molecule has 1 aliphatic rings. The minimum absolute atomic E-state index is 0.0850. The minimum Gasteiger partial charge on any atom is -0.367 e. The van der Waals surface area contributed by atoms with Gasteiger partial charge in [0.15, 0.2) is 0 Å². The molecule has 0 aliphatic heterocycles. The Balaban J connectivity index is 1.80. The van der Waals surface area contributed by atoms with Crippen LogP contribution in [0.1, 0.15) is 28.8 Å². The number of aromatic amines is 1. The smallest absolute Gasteiger partial charge is 0.253 e. The van der Waals surface area contributed by atoms with Gasteiger partial charge in [-0.25, -0.2) is 8.78 Å². The van der Waals surface area contributed by atoms with E-state index in [0.717, 1.165) is 5.56 Å². The molecule has 2 rings (SSSR count). The lowest BCUT2D eigenvalue weighted by Crippen LogP contribution is -2.42. The predicted molar refractivity (Wildman–Crippen MR) is 55.5 cm³/mol. The predicted octanol–water partition coefficient (Wildman–Crippen LogP) is 2.10. The van der Waals surface area contributed by atoms with Gasteiger partial charge < -0.3 is 10.3 Å². The largest absolute Gasteiger partial charge is 0.367 e. The van der Waals surface area contributed by atoms with Crippen molar-refractivity contribution in [1.82, 2.24) is 10.3 Å². The molecular formula is C11H14F2N2O. The fourth-order valence-corrected chi connectivity index (χ4v) is 1.95. The van der Waals surface area contributed by atoms with Gasteiger partial charge in [-0.3, -0.25) is 4.79 Å². The molecule has 1 amide bonds. The van der Waals surface area contributed by atoms with E-state index in [4.69, 9.17) is 0 Å². The van der Waals surface area contributed by atoms with Gasteiger partial charge in [-0.2, -0.15) is 0 Å². The van der Waals surface area contributed by atoms with Gasteiger partial charge in [-0.15, -0.1) is 0 Å². The molecule has 1 aromatic rings. The molecule has 0 unspecified atom stereocenters. The number of hydrogen-bond donors (Lipinski definition) is 2. The van der Waals surface area contributed by atoms with Gasteiger partial charge in [0.2, 0.25) is 5.92 Å². The molecule has 1 aliphatic carbocycles. The Labute approximate surface area is 92.2 Å². The zero-order valence-electron chi connectivity index (χ0n) is 9.02. The van der Waals surface area contributed by atoms with Crippen LogP contribution in [0.5, 0.6) is 0 Å². The van der Waals surface area contributed by atoms with Gasteiger partial charge in [0, 0.05) is 31.8 Å². The monoisotopic (exact) mass is 228 g/mol. The third-order valence-electron chi connectivity index (χ3n) is 2.92. The average Bonchev–Trinajstić information content (AvgIpc) is 2.57. The Bertz CT molecular complexity index is 392. The number of aromatic nitrogens is 1. The van der Waals surface area contributed by atoms with Gasteiger partial charge in [0.05, 0.1) is 5.56 Å². The van der Waals surface area contributed by atoms with E-state index in [1.807, 2.05) is 6.92 Å². The summed E-state index contributed by atoms with van der Waals surface area (Å²) in [4.78, 5) is 14.4. The topological polar surface area (TPSA) is 44.9 Å². The van der Waals surface area contributed by atoms with E-state index in [2.05, 4.69) is 10.3 Å². The quantitative estimate of drug-likeness (QED) is 0.817. The highest BCUT2D eigenvalue weighted by Crippen LogP contribution is 2.41. The summed E-state index contributed by atoms with van der Waals surface area (Å²) in [6.07, 6.45) is 3.12. The molecule has 1 saturated carbocycles. The summed E-state index contributed by atoms with van der Waals surface area (Å²) in [6.45, 7) is 2.15. The van der Waals surface area contributed by atoms with Crippen LogP contribution < -0.4 is 5.32 Å². The standard InChI is InChI=1S/C11H14F2N2O/c1-7-4-14-6-9(7)10(16)15-5-8-2-11(12,13)3-8/h4,6,8,14H,2-3,5H2,1H3,(H,15,16). The first-order valence-electron chi connectivity index (χ1n) is 5.27. The molecular weight excluding hydrogens is 214 g/mol. The van der Waals surface area contributed by atoms with E-state index < -0.39 is 5.92 Å². The summed E-state index contributed by atoms with van der Waals surface area (Å²) in [6, 6.07) is 0. The number of hydrogen-bond acceptors (Lipinski definition) is 1. The maximum atomic E-state index is 12.5. The van der Waals surface area contributed by atoms with Crippen LogP contribution in [-0.2, 0) is 0 Å². The number of rotatable bonds is 3. The van der Waals surface area contributed by atoms with E-state index in [1.165, 1.54) is 0 Å². The number of alkyl halides is 2. The van der Waals surface area contributed by atoms with E-state index in [1.54, 1.807) is 12.4 Å². The van der Waals surface area contributed by atoms with Gasteiger partial charge in [0.25, 0.3) is 5.91 Å². The lowest BCUT2D eigenvalue weighted by atomic mass is 9.81. The summed E-state index contributed by atoms with van der Waals surface area (Å²) >= 11 is 0. The molecule has 0 radical (unpaired) electrons.